The van der Waals surface area contributed by atoms with Crippen LogP contribution in [0.25, 0.3) is 11.0 Å². The fraction of sp³-hybridized carbons (Fsp3) is 0.222. The highest BCUT2D eigenvalue weighted by Gasteiger charge is 2.16. The van der Waals surface area contributed by atoms with Crippen LogP contribution in [0.5, 0.6) is 0 Å². The summed E-state index contributed by atoms with van der Waals surface area (Å²) in [5.41, 5.74) is 3.77. The number of nitrogens with zero attached hydrogens (tertiary/aromatic N) is 2. The molecule has 0 radical (unpaired) electrons. The first kappa shape index (κ1) is 16.8. The van der Waals surface area contributed by atoms with Crippen LogP contribution in [0, 0.1) is 6.92 Å². The van der Waals surface area contributed by atoms with E-state index in [1.807, 2.05) is 11.5 Å². The van der Waals surface area contributed by atoms with E-state index in [9.17, 15) is 4.79 Å². The second-order valence-electron chi connectivity index (χ2n) is 5.61. The minimum absolute atomic E-state index is 0.0756. The highest BCUT2D eigenvalue weighted by Crippen LogP contribution is 2.29. The van der Waals surface area contributed by atoms with E-state index in [0.717, 1.165) is 16.9 Å². The first-order chi connectivity index (χ1) is 11.5. The smallest absolute Gasteiger partial charge is 0.325 e. The number of methoxy groups -OCH3 is 1. The number of ether oxygens (including phenoxy) is 1. The third-order valence-electron chi connectivity index (χ3n) is 3.87. The Kier molecular flexibility index (Phi) is 4.78. The Balaban J connectivity index is 2.08. The topological polar surface area (TPSA) is 44.1 Å². The molecule has 6 heteroatoms. The van der Waals surface area contributed by atoms with Gasteiger partial charge in [0, 0.05) is 6.42 Å². The predicted octanol–water partition coefficient (Wildman–Crippen LogP) is 4.42. The van der Waals surface area contributed by atoms with Crippen molar-refractivity contribution in [2.75, 3.05) is 7.11 Å². The van der Waals surface area contributed by atoms with Crippen molar-refractivity contribution in [1.82, 2.24) is 9.55 Å². The van der Waals surface area contributed by atoms with E-state index in [0.29, 0.717) is 22.0 Å². The largest absolute Gasteiger partial charge is 0.468 e. The van der Waals surface area contributed by atoms with Gasteiger partial charge in [-0.1, -0.05) is 53.0 Å². The summed E-state index contributed by atoms with van der Waals surface area (Å²) in [5, 5.41) is 0.867. The van der Waals surface area contributed by atoms with E-state index < -0.39 is 0 Å². The number of hydrogen-bond acceptors (Lipinski definition) is 3. The van der Waals surface area contributed by atoms with Gasteiger partial charge in [-0.2, -0.15) is 0 Å². The molecule has 2 aromatic carbocycles. The molecule has 0 unspecified atom stereocenters. The van der Waals surface area contributed by atoms with E-state index in [1.165, 1.54) is 12.7 Å². The van der Waals surface area contributed by atoms with Crippen LogP contribution >= 0.6 is 23.2 Å². The monoisotopic (exact) mass is 362 g/mol. The van der Waals surface area contributed by atoms with Gasteiger partial charge in [0.1, 0.15) is 12.4 Å². The average Bonchev–Trinajstić information content (AvgIpc) is 2.87. The molecular formula is C18H16Cl2N2O2. The second kappa shape index (κ2) is 6.83. The maximum absolute atomic E-state index is 11.8. The lowest BCUT2D eigenvalue weighted by atomic mass is 10.1. The van der Waals surface area contributed by atoms with Crippen LogP contribution in [0.2, 0.25) is 10.0 Å². The van der Waals surface area contributed by atoms with Crippen molar-refractivity contribution in [2.45, 2.75) is 19.9 Å². The van der Waals surface area contributed by atoms with E-state index in [2.05, 4.69) is 29.2 Å². The van der Waals surface area contributed by atoms with E-state index in [1.54, 1.807) is 12.1 Å². The molecule has 0 spiro atoms. The molecule has 0 saturated heterocycles. The zero-order valence-corrected chi connectivity index (χ0v) is 14.9. The molecule has 1 heterocycles. The third kappa shape index (κ3) is 3.40. The van der Waals surface area contributed by atoms with Crippen molar-refractivity contribution < 1.29 is 9.53 Å². The Hall–Kier alpha value is -2.04. The molecule has 1 aromatic heterocycles. The Morgan fingerprint density at radius 3 is 2.50 bits per heavy atom. The lowest BCUT2D eigenvalue weighted by molar-refractivity contribution is -0.141. The van der Waals surface area contributed by atoms with Crippen molar-refractivity contribution in [3.63, 3.8) is 0 Å². The summed E-state index contributed by atoms with van der Waals surface area (Å²) in [6.45, 7) is 2.12. The highest BCUT2D eigenvalue weighted by molar-refractivity contribution is 6.42. The Morgan fingerprint density at radius 1 is 1.17 bits per heavy atom. The average molecular weight is 363 g/mol. The molecule has 0 N–H and O–H groups in total. The van der Waals surface area contributed by atoms with Gasteiger partial charge in [-0.15, -0.1) is 0 Å². The quantitative estimate of drug-likeness (QED) is 0.645. The molecule has 3 rings (SSSR count). The van der Waals surface area contributed by atoms with Gasteiger partial charge < -0.3 is 9.30 Å². The van der Waals surface area contributed by atoms with Crippen molar-refractivity contribution in [2.24, 2.45) is 0 Å². The number of halogens is 2. The molecule has 0 fully saturated rings. The van der Waals surface area contributed by atoms with Crippen molar-refractivity contribution in [1.29, 1.82) is 0 Å². The summed E-state index contributed by atoms with van der Waals surface area (Å²) < 4.78 is 6.62. The van der Waals surface area contributed by atoms with Crippen LogP contribution in [0.3, 0.4) is 0 Å². The molecule has 0 bridgehead atoms. The summed E-state index contributed by atoms with van der Waals surface area (Å²) in [6.07, 6.45) is 0.598. The SMILES string of the molecule is COC(=O)Cn1c(Cc2ccc(C)cc2)nc2cc(Cl)c(Cl)cc21. The first-order valence-electron chi connectivity index (χ1n) is 7.44. The summed E-state index contributed by atoms with van der Waals surface area (Å²) >= 11 is 12.2. The molecule has 0 aliphatic carbocycles. The molecular weight excluding hydrogens is 347 g/mol. The highest BCUT2D eigenvalue weighted by atomic mass is 35.5. The number of imidazole rings is 1. The van der Waals surface area contributed by atoms with Crippen molar-refractivity contribution in [3.8, 4) is 0 Å². The van der Waals surface area contributed by atoms with Gasteiger partial charge in [0.25, 0.3) is 0 Å². The van der Waals surface area contributed by atoms with Crippen LogP contribution < -0.4 is 0 Å². The molecule has 124 valence electrons. The Labute approximate surface area is 150 Å². The molecule has 0 aliphatic heterocycles. The Bertz CT molecular complexity index is 902. The molecule has 0 amide bonds. The molecule has 3 aromatic rings. The number of rotatable bonds is 4. The number of aryl methyl sites for hydroxylation is 1. The number of aromatic nitrogens is 2. The Morgan fingerprint density at radius 2 is 1.83 bits per heavy atom. The molecule has 4 nitrogen and oxygen atoms in total. The number of esters is 1. The molecule has 0 atom stereocenters. The van der Waals surface area contributed by atoms with Gasteiger partial charge in [0.15, 0.2) is 0 Å². The van der Waals surface area contributed by atoms with Crippen LogP contribution in [-0.2, 0) is 22.5 Å². The predicted molar refractivity (Wildman–Crippen MR) is 95.8 cm³/mol. The number of carbonyl (C=O) groups excluding carboxylic acids is 1. The second-order valence-corrected chi connectivity index (χ2v) is 6.42. The summed E-state index contributed by atoms with van der Waals surface area (Å²) in [6, 6.07) is 11.7. The molecule has 24 heavy (non-hydrogen) atoms. The van der Waals surface area contributed by atoms with Crippen LogP contribution in [0.1, 0.15) is 17.0 Å². The standard InChI is InChI=1S/C18H16Cl2N2O2/c1-11-3-5-12(6-4-11)7-17-21-15-8-13(19)14(20)9-16(15)22(17)10-18(23)24-2/h3-6,8-9H,7,10H2,1-2H3. The van der Waals surface area contributed by atoms with Crippen LogP contribution in [0.15, 0.2) is 36.4 Å². The molecule has 0 aliphatic rings. The number of fused-ring (bicyclic) bond motifs is 1. The van der Waals surface area contributed by atoms with Crippen LogP contribution in [0.4, 0.5) is 0 Å². The van der Waals surface area contributed by atoms with E-state index >= 15 is 0 Å². The maximum Gasteiger partial charge on any atom is 0.325 e. The van der Waals surface area contributed by atoms with Gasteiger partial charge >= 0.3 is 5.97 Å². The molecule has 0 saturated carbocycles. The van der Waals surface area contributed by atoms with Gasteiger partial charge in [-0.05, 0) is 24.6 Å². The zero-order chi connectivity index (χ0) is 17.3. The number of hydrogen-bond donors (Lipinski definition) is 0. The van der Waals surface area contributed by atoms with Crippen molar-refractivity contribution in [3.05, 3.63) is 63.4 Å². The minimum atomic E-state index is -0.342. The normalized spacial score (nSPS) is 11.0. The van der Waals surface area contributed by atoms with E-state index in [-0.39, 0.29) is 12.5 Å². The number of benzene rings is 2. The van der Waals surface area contributed by atoms with Gasteiger partial charge in [-0.3, -0.25) is 4.79 Å². The van der Waals surface area contributed by atoms with Gasteiger partial charge in [-0.25, -0.2) is 4.98 Å². The maximum atomic E-state index is 11.8. The lowest BCUT2D eigenvalue weighted by Crippen LogP contribution is -2.14. The lowest BCUT2D eigenvalue weighted by Gasteiger charge is -2.08. The van der Waals surface area contributed by atoms with Crippen molar-refractivity contribution >= 4 is 40.2 Å². The van der Waals surface area contributed by atoms with Crippen LogP contribution in [-0.4, -0.2) is 22.6 Å². The van der Waals surface area contributed by atoms with Gasteiger partial charge in [0.2, 0.25) is 0 Å². The number of carbonyl (C=O) groups is 1. The zero-order valence-electron chi connectivity index (χ0n) is 13.3. The fourth-order valence-electron chi connectivity index (χ4n) is 2.56. The van der Waals surface area contributed by atoms with Gasteiger partial charge in [0.05, 0.1) is 28.2 Å². The fourth-order valence-corrected chi connectivity index (χ4v) is 2.88. The van der Waals surface area contributed by atoms with E-state index in [4.69, 9.17) is 27.9 Å². The third-order valence-corrected chi connectivity index (χ3v) is 4.59. The summed E-state index contributed by atoms with van der Waals surface area (Å²) in [4.78, 5) is 16.4. The first-order valence-corrected chi connectivity index (χ1v) is 8.20. The summed E-state index contributed by atoms with van der Waals surface area (Å²) in [7, 11) is 1.37. The summed E-state index contributed by atoms with van der Waals surface area (Å²) in [5.74, 6) is 0.420. The minimum Gasteiger partial charge on any atom is -0.468 e.